The van der Waals surface area contributed by atoms with Gasteiger partial charge in [-0.2, -0.15) is 5.10 Å². The number of imidazole rings is 1. The molecule has 0 radical (unpaired) electrons. The lowest BCUT2D eigenvalue weighted by Crippen LogP contribution is -1.89. The van der Waals surface area contributed by atoms with E-state index >= 15 is 4.39 Å². The molecule has 144 valence electrons. The van der Waals surface area contributed by atoms with Crippen LogP contribution in [-0.4, -0.2) is 30.1 Å². The molecule has 0 amide bonds. The fourth-order valence-corrected chi connectivity index (χ4v) is 3.67. The minimum Gasteiger partial charge on any atom is -0.472 e. The Hall–Kier alpha value is -4.33. The number of rotatable bonds is 3. The molecule has 7 nitrogen and oxygen atoms in total. The van der Waals surface area contributed by atoms with Crippen LogP contribution in [0.5, 0.6) is 0 Å². The number of hydrogen-bond acceptors (Lipinski definition) is 5. The fourth-order valence-electron chi connectivity index (χ4n) is 3.67. The van der Waals surface area contributed by atoms with Crippen LogP contribution in [0.2, 0.25) is 0 Å². The third-order valence-electron chi connectivity index (χ3n) is 5.09. The summed E-state index contributed by atoms with van der Waals surface area (Å²) < 4.78 is 20.7. The van der Waals surface area contributed by atoms with Crippen LogP contribution in [0.3, 0.4) is 0 Å². The molecule has 5 aromatic heterocycles. The topological polar surface area (TPSA) is 96.3 Å². The summed E-state index contributed by atoms with van der Waals surface area (Å²) in [6.07, 6.45) is 8.22. The van der Waals surface area contributed by atoms with Gasteiger partial charge < -0.3 is 9.40 Å². The minimum atomic E-state index is -0.382. The van der Waals surface area contributed by atoms with E-state index in [9.17, 15) is 0 Å². The molecular weight excluding hydrogens is 383 g/mol. The number of aromatic nitrogens is 6. The van der Waals surface area contributed by atoms with Crippen molar-refractivity contribution in [2.24, 2.45) is 0 Å². The predicted molar refractivity (Wildman–Crippen MR) is 110 cm³/mol. The van der Waals surface area contributed by atoms with Gasteiger partial charge in [-0.3, -0.25) is 10.1 Å². The van der Waals surface area contributed by atoms with Crippen molar-refractivity contribution in [2.75, 3.05) is 0 Å². The van der Waals surface area contributed by atoms with Crippen LogP contribution in [-0.2, 0) is 0 Å². The van der Waals surface area contributed by atoms with Gasteiger partial charge >= 0.3 is 0 Å². The highest BCUT2D eigenvalue weighted by molar-refractivity contribution is 5.97. The molecule has 0 spiro atoms. The average Bonchev–Trinajstić information content (AvgIpc) is 3.53. The lowest BCUT2D eigenvalue weighted by atomic mass is 10.0. The molecule has 0 saturated carbocycles. The number of nitrogens with one attached hydrogen (secondary N) is 2. The maximum absolute atomic E-state index is 15.5. The fraction of sp³-hybridized carbons (Fsp3) is 0. The van der Waals surface area contributed by atoms with Crippen molar-refractivity contribution in [1.29, 1.82) is 0 Å². The highest BCUT2D eigenvalue weighted by Gasteiger charge is 2.20. The van der Waals surface area contributed by atoms with Crippen molar-refractivity contribution < 1.29 is 8.81 Å². The summed E-state index contributed by atoms with van der Waals surface area (Å²) >= 11 is 0. The van der Waals surface area contributed by atoms with Crippen molar-refractivity contribution >= 4 is 22.1 Å². The van der Waals surface area contributed by atoms with Gasteiger partial charge in [-0.25, -0.2) is 14.4 Å². The smallest absolute Gasteiger partial charge is 0.178 e. The van der Waals surface area contributed by atoms with Gasteiger partial charge in [0, 0.05) is 40.8 Å². The number of hydrogen-bond donors (Lipinski definition) is 2. The molecule has 1 aromatic carbocycles. The Kier molecular flexibility index (Phi) is 3.51. The number of benzene rings is 1. The molecule has 5 heterocycles. The highest BCUT2D eigenvalue weighted by Crippen LogP contribution is 2.34. The minimum absolute atomic E-state index is 0.361. The number of halogens is 1. The number of aromatic amines is 2. The summed E-state index contributed by atoms with van der Waals surface area (Å²) in [7, 11) is 0. The molecule has 0 fully saturated rings. The molecule has 0 aliphatic heterocycles. The molecule has 0 saturated heterocycles. The second kappa shape index (κ2) is 6.35. The standard InChI is InChI=1S/C22H13FN6O/c23-18-14(12-2-1-7-24-10-12)3-4-16-17(18)20(29-28-16)22-26-19-15(13-6-9-30-11-13)5-8-25-21(19)27-22/h1-11H,(H,28,29)(H,25,26,27). The summed E-state index contributed by atoms with van der Waals surface area (Å²) in [6.45, 7) is 0. The van der Waals surface area contributed by atoms with Crippen LogP contribution in [0.4, 0.5) is 4.39 Å². The third kappa shape index (κ3) is 2.44. The van der Waals surface area contributed by atoms with E-state index in [2.05, 4.69) is 30.1 Å². The van der Waals surface area contributed by atoms with E-state index in [0.29, 0.717) is 39.2 Å². The molecule has 8 heteroatoms. The summed E-state index contributed by atoms with van der Waals surface area (Å²) in [4.78, 5) is 16.2. The van der Waals surface area contributed by atoms with Gasteiger partial charge in [-0.1, -0.05) is 6.07 Å². The lowest BCUT2D eigenvalue weighted by molar-refractivity contribution is 0.568. The van der Waals surface area contributed by atoms with Gasteiger partial charge in [0.05, 0.1) is 28.9 Å². The third-order valence-corrected chi connectivity index (χ3v) is 5.09. The molecule has 0 aliphatic carbocycles. The van der Waals surface area contributed by atoms with E-state index < -0.39 is 0 Å². The average molecular weight is 396 g/mol. The highest BCUT2D eigenvalue weighted by atomic mass is 19.1. The van der Waals surface area contributed by atoms with Crippen molar-refractivity contribution in [3.63, 3.8) is 0 Å². The Morgan fingerprint density at radius 2 is 1.93 bits per heavy atom. The van der Waals surface area contributed by atoms with Gasteiger partial charge in [-0.15, -0.1) is 0 Å². The van der Waals surface area contributed by atoms with Crippen LogP contribution in [0.15, 0.2) is 71.9 Å². The second-order valence-electron chi connectivity index (χ2n) is 6.82. The van der Waals surface area contributed by atoms with Crippen molar-refractivity contribution in [3.05, 3.63) is 73.3 Å². The summed E-state index contributed by atoms with van der Waals surface area (Å²) in [5, 5.41) is 7.58. The zero-order valence-corrected chi connectivity index (χ0v) is 15.4. The van der Waals surface area contributed by atoms with Crippen molar-refractivity contribution in [1.82, 2.24) is 30.1 Å². The number of furan rings is 1. The molecule has 0 unspecified atom stereocenters. The number of H-pyrrole nitrogens is 2. The van der Waals surface area contributed by atoms with Crippen LogP contribution in [0, 0.1) is 5.82 Å². The van der Waals surface area contributed by atoms with Gasteiger partial charge in [0.1, 0.15) is 11.5 Å². The normalized spacial score (nSPS) is 11.5. The molecule has 2 N–H and O–H groups in total. The van der Waals surface area contributed by atoms with Crippen molar-refractivity contribution in [2.45, 2.75) is 0 Å². The van der Waals surface area contributed by atoms with Crippen LogP contribution >= 0.6 is 0 Å². The first kappa shape index (κ1) is 16.6. The maximum atomic E-state index is 15.5. The largest absolute Gasteiger partial charge is 0.472 e. The summed E-state index contributed by atoms with van der Waals surface area (Å²) in [5.74, 6) is 0.0506. The molecule has 6 aromatic rings. The Morgan fingerprint density at radius 3 is 2.77 bits per heavy atom. The Balaban J connectivity index is 1.57. The second-order valence-corrected chi connectivity index (χ2v) is 6.82. The first-order valence-electron chi connectivity index (χ1n) is 9.24. The molecule has 0 atom stereocenters. The molecule has 0 bridgehead atoms. The van der Waals surface area contributed by atoms with Crippen LogP contribution in [0.25, 0.3) is 55.8 Å². The van der Waals surface area contributed by atoms with Gasteiger partial charge in [0.2, 0.25) is 0 Å². The molecule has 6 rings (SSSR count). The van der Waals surface area contributed by atoms with Crippen LogP contribution < -0.4 is 0 Å². The first-order chi connectivity index (χ1) is 14.8. The van der Waals surface area contributed by atoms with Crippen LogP contribution in [0.1, 0.15) is 0 Å². The SMILES string of the molecule is Fc1c(-c2cccnc2)ccc2[nH]nc(-c3nc4nccc(-c5ccoc5)c4[nH]3)c12. The van der Waals surface area contributed by atoms with E-state index in [-0.39, 0.29) is 5.82 Å². The maximum Gasteiger partial charge on any atom is 0.178 e. The van der Waals surface area contributed by atoms with Gasteiger partial charge in [-0.05, 0) is 30.3 Å². The Morgan fingerprint density at radius 1 is 0.967 bits per heavy atom. The molecule has 30 heavy (non-hydrogen) atoms. The van der Waals surface area contributed by atoms with E-state index in [4.69, 9.17) is 4.42 Å². The Bertz CT molecular complexity index is 1500. The van der Waals surface area contributed by atoms with E-state index in [1.807, 2.05) is 18.2 Å². The summed E-state index contributed by atoms with van der Waals surface area (Å²) in [6, 6.07) is 10.8. The molecular formula is C22H13FN6O. The van der Waals surface area contributed by atoms with E-state index in [0.717, 1.165) is 16.6 Å². The number of fused-ring (bicyclic) bond motifs is 2. The van der Waals surface area contributed by atoms with E-state index in [1.54, 1.807) is 49.3 Å². The first-order valence-corrected chi connectivity index (χ1v) is 9.24. The van der Waals surface area contributed by atoms with Gasteiger partial charge in [0.15, 0.2) is 11.5 Å². The number of nitrogens with zero attached hydrogens (tertiary/aromatic N) is 4. The lowest BCUT2D eigenvalue weighted by Gasteiger charge is -2.04. The van der Waals surface area contributed by atoms with Gasteiger partial charge in [0.25, 0.3) is 0 Å². The zero-order chi connectivity index (χ0) is 20.1. The number of pyridine rings is 2. The Labute approximate surface area is 168 Å². The van der Waals surface area contributed by atoms with Crippen molar-refractivity contribution in [3.8, 4) is 33.8 Å². The summed E-state index contributed by atoms with van der Waals surface area (Å²) in [5.41, 5.74) is 5.16. The monoisotopic (exact) mass is 396 g/mol. The quantitative estimate of drug-likeness (QED) is 0.441. The molecule has 0 aliphatic rings. The van der Waals surface area contributed by atoms with E-state index in [1.165, 1.54) is 0 Å². The zero-order valence-electron chi connectivity index (χ0n) is 15.4. The predicted octanol–water partition coefficient (Wildman–Crippen LogP) is 4.96.